The number of hydrogen-bond acceptors (Lipinski definition) is 7. The van der Waals surface area contributed by atoms with E-state index in [1.165, 1.54) is 6.66 Å². The van der Waals surface area contributed by atoms with Gasteiger partial charge >= 0.3 is 20.1 Å². The number of Topliss-reactive ketones (excluding diaryl/α,β-unsaturated/α-hetero) is 1. The van der Waals surface area contributed by atoms with Gasteiger partial charge in [-0.2, -0.15) is 0 Å². The summed E-state index contributed by atoms with van der Waals surface area (Å²) in [7, 11) is -1.85. The first kappa shape index (κ1) is 17.5. The Balaban J connectivity index is 3.67. The average molecular weight is 294 g/mol. The molecule has 0 aromatic rings. The van der Waals surface area contributed by atoms with Crippen LogP contribution in [-0.4, -0.2) is 44.5 Å². The zero-order valence-corrected chi connectivity index (χ0v) is 11.9. The molecule has 108 valence electrons. The third-order valence-electron chi connectivity index (χ3n) is 1.70. The van der Waals surface area contributed by atoms with Gasteiger partial charge in [0.1, 0.15) is 0 Å². The van der Waals surface area contributed by atoms with Crippen LogP contribution in [0.5, 0.6) is 0 Å². The second-order valence-electron chi connectivity index (χ2n) is 3.77. The molecule has 0 heterocycles. The predicted octanol–water partition coefficient (Wildman–Crippen LogP) is 0.827. The van der Waals surface area contributed by atoms with Crippen molar-refractivity contribution in [2.45, 2.75) is 13.8 Å². The smallest absolute Gasteiger partial charge is 0.428 e. The Morgan fingerprint density at radius 2 is 1.84 bits per heavy atom. The lowest BCUT2D eigenvalue weighted by atomic mass is 10.2. The monoisotopic (exact) mass is 294 g/mol. The fourth-order valence-electron chi connectivity index (χ4n) is 0.743. The zero-order valence-electron chi connectivity index (χ0n) is 11.0. The van der Waals surface area contributed by atoms with E-state index in [-0.39, 0.29) is 19.1 Å². The van der Waals surface area contributed by atoms with E-state index < -0.39 is 32.7 Å². The molecule has 0 aromatic carbocycles. The van der Waals surface area contributed by atoms with Gasteiger partial charge in [-0.05, 0) is 4.57 Å². The maximum absolute atomic E-state index is 11.1. The molecule has 1 N–H and O–H groups in total. The zero-order chi connectivity index (χ0) is 14.8. The van der Waals surface area contributed by atoms with Gasteiger partial charge in [0.15, 0.2) is 19.1 Å². The molecule has 0 aliphatic heterocycles. The minimum atomic E-state index is -1.85. The normalized spacial score (nSPS) is 10.8. The van der Waals surface area contributed by atoms with Crippen LogP contribution < -0.4 is 5.32 Å². The van der Waals surface area contributed by atoms with E-state index in [9.17, 15) is 18.9 Å². The van der Waals surface area contributed by atoms with Crippen LogP contribution in [0, 0.1) is 5.92 Å². The van der Waals surface area contributed by atoms with E-state index in [1.807, 2.05) is 0 Å². The molecule has 0 bridgehead atoms. The second-order valence-corrected chi connectivity index (χ2v) is 4.91. The third kappa shape index (κ3) is 10.1. The molecule has 1 atom stereocenters. The first-order valence-electron chi connectivity index (χ1n) is 5.45. The molecule has 0 saturated heterocycles. The van der Waals surface area contributed by atoms with Gasteiger partial charge < -0.3 is 14.8 Å². The summed E-state index contributed by atoms with van der Waals surface area (Å²) in [4.78, 5) is 33.2. The Bertz CT molecular complexity index is 356. The quantitative estimate of drug-likeness (QED) is 0.401. The topological polar surface area (TPSA) is 108 Å². The van der Waals surface area contributed by atoms with Crippen LogP contribution in [0.15, 0.2) is 0 Å². The van der Waals surface area contributed by atoms with Crippen LogP contribution in [0.25, 0.3) is 0 Å². The lowest BCUT2D eigenvalue weighted by Crippen LogP contribution is -2.32. The molecule has 0 saturated carbocycles. The van der Waals surface area contributed by atoms with Crippen molar-refractivity contribution in [2.75, 3.05) is 26.6 Å². The summed E-state index contributed by atoms with van der Waals surface area (Å²) in [5.41, 5.74) is 0. The highest BCUT2D eigenvalue weighted by Crippen LogP contribution is 2.13. The fraction of sp³-hybridized carbons (Fsp3) is 0.700. The molecule has 0 radical (unpaired) electrons. The molecule has 8 nitrogen and oxygen atoms in total. The summed E-state index contributed by atoms with van der Waals surface area (Å²) in [5.74, 6) is -1.27. The number of nitrogens with one attached hydrogen (secondary N) is 1. The van der Waals surface area contributed by atoms with Gasteiger partial charge in [-0.15, -0.1) is 4.52 Å². The summed E-state index contributed by atoms with van der Waals surface area (Å²) in [6, 6.07) is 0. The summed E-state index contributed by atoms with van der Waals surface area (Å²) in [6.45, 7) is 3.40. The maximum atomic E-state index is 11.1. The number of hydrogen-bond donors (Lipinski definition) is 1. The van der Waals surface area contributed by atoms with Crippen molar-refractivity contribution in [1.29, 1.82) is 0 Å². The Labute approximate surface area is 111 Å². The highest BCUT2D eigenvalue weighted by atomic mass is 31.1. The Hall–Kier alpha value is -1.53. The molecule has 19 heavy (non-hydrogen) atoms. The number of esters is 1. The van der Waals surface area contributed by atoms with E-state index in [2.05, 4.69) is 19.3 Å². The van der Waals surface area contributed by atoms with Gasteiger partial charge in [-0.25, -0.2) is 4.79 Å². The molecule has 0 spiro atoms. The summed E-state index contributed by atoms with van der Waals surface area (Å²) < 4.78 is 24.2. The SMILES string of the molecule is CC(C)C(=O)OCOC(=O)NCC(=O)CO[P+](C)=O. The number of ketones is 1. The number of alkyl carbamates (subject to hydrolysis) is 1. The molecule has 0 aliphatic carbocycles. The van der Waals surface area contributed by atoms with E-state index in [1.54, 1.807) is 13.8 Å². The van der Waals surface area contributed by atoms with Crippen molar-refractivity contribution in [3.8, 4) is 0 Å². The van der Waals surface area contributed by atoms with E-state index >= 15 is 0 Å². The molecule has 0 fully saturated rings. The Morgan fingerprint density at radius 1 is 1.21 bits per heavy atom. The highest BCUT2D eigenvalue weighted by molar-refractivity contribution is 7.38. The van der Waals surface area contributed by atoms with Crippen molar-refractivity contribution in [3.05, 3.63) is 0 Å². The Kier molecular flexibility index (Phi) is 8.65. The maximum Gasteiger partial charge on any atom is 0.505 e. The van der Waals surface area contributed by atoms with Gasteiger partial charge in [0.05, 0.1) is 12.5 Å². The first-order chi connectivity index (χ1) is 8.82. The lowest BCUT2D eigenvalue weighted by Gasteiger charge is -2.08. The Morgan fingerprint density at radius 3 is 2.37 bits per heavy atom. The summed E-state index contributed by atoms with van der Waals surface area (Å²) in [6.07, 6.45) is -0.897. The number of carbonyl (C=O) groups excluding carboxylic acids is 3. The van der Waals surface area contributed by atoms with Gasteiger partial charge in [0, 0.05) is 0 Å². The van der Waals surface area contributed by atoms with E-state index in [4.69, 9.17) is 0 Å². The molecule has 0 aromatic heterocycles. The molecule has 1 amide bonds. The molecule has 0 rings (SSSR count). The van der Waals surface area contributed by atoms with E-state index in [0.29, 0.717) is 0 Å². The number of rotatable bonds is 8. The van der Waals surface area contributed by atoms with Crippen molar-refractivity contribution >= 4 is 25.9 Å². The fourth-order valence-corrected chi connectivity index (χ4v) is 1.07. The van der Waals surface area contributed by atoms with Gasteiger partial charge in [0.2, 0.25) is 6.79 Å². The largest absolute Gasteiger partial charge is 0.505 e. The molecule has 1 unspecified atom stereocenters. The minimum absolute atomic E-state index is 0.318. The van der Waals surface area contributed by atoms with E-state index in [0.717, 1.165) is 0 Å². The number of amides is 1. The summed E-state index contributed by atoms with van der Waals surface area (Å²) >= 11 is 0. The standard InChI is InChI=1S/C10H16NO7P/c1-7(2)9(13)16-6-17-10(14)11-4-8(12)5-18-19(3)15/h7H,4-6H2,1-3H3/p+1. The molecule has 0 aliphatic rings. The van der Waals surface area contributed by atoms with Crippen LogP contribution in [-0.2, 0) is 28.2 Å². The number of ether oxygens (including phenoxy) is 2. The molecular formula is C10H17NO7P+. The van der Waals surface area contributed by atoms with Crippen LogP contribution in [0.1, 0.15) is 13.8 Å². The van der Waals surface area contributed by atoms with Gasteiger partial charge in [-0.1, -0.05) is 13.8 Å². The molecule has 9 heteroatoms. The second kappa shape index (κ2) is 9.41. The first-order valence-corrected chi connectivity index (χ1v) is 7.08. The lowest BCUT2D eigenvalue weighted by molar-refractivity contribution is -0.155. The predicted molar refractivity (Wildman–Crippen MR) is 64.8 cm³/mol. The van der Waals surface area contributed by atoms with Crippen LogP contribution in [0.2, 0.25) is 0 Å². The number of carbonyl (C=O) groups is 3. The van der Waals surface area contributed by atoms with Gasteiger partial charge in [0.25, 0.3) is 0 Å². The van der Waals surface area contributed by atoms with Crippen molar-refractivity contribution in [1.82, 2.24) is 5.32 Å². The van der Waals surface area contributed by atoms with Crippen molar-refractivity contribution < 1.29 is 32.9 Å². The van der Waals surface area contributed by atoms with Gasteiger partial charge in [-0.3, -0.25) is 9.59 Å². The van der Waals surface area contributed by atoms with Crippen LogP contribution >= 0.6 is 8.03 Å². The van der Waals surface area contributed by atoms with Crippen molar-refractivity contribution in [2.24, 2.45) is 5.92 Å². The third-order valence-corrected chi connectivity index (χ3v) is 2.19. The van der Waals surface area contributed by atoms with Crippen LogP contribution in [0.4, 0.5) is 4.79 Å². The average Bonchev–Trinajstić information content (AvgIpc) is 2.33. The minimum Gasteiger partial charge on any atom is -0.428 e. The van der Waals surface area contributed by atoms with Crippen LogP contribution in [0.3, 0.4) is 0 Å². The van der Waals surface area contributed by atoms with Crippen molar-refractivity contribution in [3.63, 3.8) is 0 Å². The highest BCUT2D eigenvalue weighted by Gasteiger charge is 2.13. The summed E-state index contributed by atoms with van der Waals surface area (Å²) in [5, 5.41) is 2.13. The molecular weight excluding hydrogens is 277 g/mol.